The average molecular weight is 320 g/mol. The molecule has 114 valence electrons. The highest BCUT2D eigenvalue weighted by molar-refractivity contribution is 7.91. The fourth-order valence-electron chi connectivity index (χ4n) is 1.83. The molecule has 1 heterocycles. The molecule has 0 fully saturated rings. The number of methoxy groups -OCH3 is 1. The van der Waals surface area contributed by atoms with Crippen LogP contribution in [0.2, 0.25) is 0 Å². The van der Waals surface area contributed by atoms with E-state index >= 15 is 0 Å². The minimum atomic E-state index is -3.79. The standard InChI is InChI=1S/C12H20N2O4S2/c1-8(2)14(5-6-18-4)11(15)10-7-19-12(9(10)3)20(13,16)17/h7-8H,5-6H2,1-4H3,(H2,13,16,17). The van der Waals surface area contributed by atoms with Crippen molar-refractivity contribution in [2.45, 2.75) is 31.0 Å². The van der Waals surface area contributed by atoms with Crippen LogP contribution < -0.4 is 5.14 Å². The van der Waals surface area contributed by atoms with Crippen molar-refractivity contribution in [1.82, 2.24) is 4.90 Å². The number of primary sulfonamides is 1. The number of amides is 1. The fraction of sp³-hybridized carbons (Fsp3) is 0.583. The van der Waals surface area contributed by atoms with Crippen molar-refractivity contribution in [1.29, 1.82) is 0 Å². The van der Waals surface area contributed by atoms with Crippen LogP contribution in [0.15, 0.2) is 9.59 Å². The largest absolute Gasteiger partial charge is 0.383 e. The summed E-state index contributed by atoms with van der Waals surface area (Å²) in [6.07, 6.45) is 0. The Morgan fingerprint density at radius 1 is 1.50 bits per heavy atom. The van der Waals surface area contributed by atoms with Gasteiger partial charge in [0.25, 0.3) is 5.91 Å². The molecule has 1 amide bonds. The van der Waals surface area contributed by atoms with Gasteiger partial charge in [-0.1, -0.05) is 0 Å². The summed E-state index contributed by atoms with van der Waals surface area (Å²) in [6.45, 7) is 6.27. The second-order valence-corrected chi connectivity index (χ2v) is 7.33. The molecule has 0 unspecified atom stereocenters. The van der Waals surface area contributed by atoms with Gasteiger partial charge in [-0.2, -0.15) is 0 Å². The van der Waals surface area contributed by atoms with E-state index in [1.54, 1.807) is 24.3 Å². The number of sulfonamides is 1. The highest BCUT2D eigenvalue weighted by Gasteiger charge is 2.25. The molecule has 0 atom stereocenters. The zero-order valence-corrected chi connectivity index (χ0v) is 13.7. The summed E-state index contributed by atoms with van der Waals surface area (Å²) in [5.41, 5.74) is 0.786. The van der Waals surface area contributed by atoms with E-state index in [9.17, 15) is 13.2 Å². The zero-order chi connectivity index (χ0) is 15.5. The molecule has 0 saturated heterocycles. The Hall–Kier alpha value is -0.960. The Kier molecular flexibility index (Phi) is 5.69. The van der Waals surface area contributed by atoms with E-state index in [0.29, 0.717) is 24.3 Å². The van der Waals surface area contributed by atoms with Crippen LogP contribution in [0.25, 0.3) is 0 Å². The Morgan fingerprint density at radius 2 is 2.10 bits per heavy atom. The van der Waals surface area contributed by atoms with Gasteiger partial charge in [0.2, 0.25) is 10.0 Å². The summed E-state index contributed by atoms with van der Waals surface area (Å²) in [5, 5.41) is 6.67. The molecule has 8 heteroatoms. The Balaban J connectivity index is 3.10. The van der Waals surface area contributed by atoms with Gasteiger partial charge in [-0.25, -0.2) is 13.6 Å². The number of hydrogen-bond donors (Lipinski definition) is 1. The van der Waals surface area contributed by atoms with Gasteiger partial charge in [0.1, 0.15) is 4.21 Å². The van der Waals surface area contributed by atoms with Crippen LogP contribution in [-0.2, 0) is 14.8 Å². The van der Waals surface area contributed by atoms with Crippen molar-refractivity contribution in [2.24, 2.45) is 5.14 Å². The molecule has 6 nitrogen and oxygen atoms in total. The summed E-state index contributed by atoms with van der Waals surface area (Å²) in [5.74, 6) is -0.208. The summed E-state index contributed by atoms with van der Waals surface area (Å²) in [7, 11) is -2.22. The first-order chi connectivity index (χ1) is 9.20. The van der Waals surface area contributed by atoms with Crippen LogP contribution in [0.5, 0.6) is 0 Å². The van der Waals surface area contributed by atoms with Gasteiger partial charge >= 0.3 is 0 Å². The minimum Gasteiger partial charge on any atom is -0.383 e. The second-order valence-electron chi connectivity index (χ2n) is 4.69. The molecule has 0 bridgehead atoms. The molecule has 0 aliphatic carbocycles. The van der Waals surface area contributed by atoms with Crippen molar-refractivity contribution in [3.05, 3.63) is 16.5 Å². The number of nitrogens with two attached hydrogens (primary N) is 1. The normalized spacial score (nSPS) is 11.9. The number of carbonyl (C=O) groups excluding carboxylic acids is 1. The molecule has 1 rings (SSSR count). The van der Waals surface area contributed by atoms with E-state index in [2.05, 4.69) is 0 Å². The van der Waals surface area contributed by atoms with E-state index in [0.717, 1.165) is 11.3 Å². The predicted octanol–water partition coefficient (Wildman–Crippen LogP) is 1.20. The SMILES string of the molecule is COCCN(C(=O)c1csc(S(N)(=O)=O)c1C)C(C)C. The molecule has 0 radical (unpaired) electrons. The first kappa shape index (κ1) is 17.1. The molecule has 20 heavy (non-hydrogen) atoms. The number of nitrogens with zero attached hydrogens (tertiary/aromatic N) is 1. The quantitative estimate of drug-likeness (QED) is 0.853. The molecule has 0 aromatic carbocycles. The van der Waals surface area contributed by atoms with Crippen molar-refractivity contribution in [2.75, 3.05) is 20.3 Å². The summed E-state index contributed by atoms with van der Waals surface area (Å²) >= 11 is 0.973. The van der Waals surface area contributed by atoms with Gasteiger partial charge in [-0.05, 0) is 26.3 Å². The lowest BCUT2D eigenvalue weighted by atomic mass is 10.1. The van der Waals surface area contributed by atoms with Gasteiger partial charge in [-0.3, -0.25) is 4.79 Å². The molecule has 0 saturated carbocycles. The van der Waals surface area contributed by atoms with Crippen molar-refractivity contribution in [3.63, 3.8) is 0 Å². The maximum absolute atomic E-state index is 12.5. The maximum atomic E-state index is 12.5. The van der Waals surface area contributed by atoms with E-state index in [1.165, 1.54) is 0 Å². The van der Waals surface area contributed by atoms with Crippen molar-refractivity contribution >= 4 is 27.3 Å². The maximum Gasteiger partial charge on any atom is 0.255 e. The smallest absolute Gasteiger partial charge is 0.255 e. The lowest BCUT2D eigenvalue weighted by Gasteiger charge is -2.26. The van der Waals surface area contributed by atoms with Gasteiger partial charge in [0.15, 0.2) is 0 Å². The molecule has 1 aromatic rings. The third kappa shape index (κ3) is 3.78. The van der Waals surface area contributed by atoms with Crippen LogP contribution in [0, 0.1) is 6.92 Å². The van der Waals surface area contributed by atoms with E-state index in [1.807, 2.05) is 13.8 Å². The van der Waals surface area contributed by atoms with Crippen LogP contribution in [0.4, 0.5) is 0 Å². The fourth-order valence-corrected chi connectivity index (χ4v) is 3.84. The first-order valence-electron chi connectivity index (χ1n) is 6.11. The van der Waals surface area contributed by atoms with Gasteiger partial charge < -0.3 is 9.64 Å². The highest BCUT2D eigenvalue weighted by atomic mass is 32.2. The van der Waals surface area contributed by atoms with Crippen LogP contribution in [0.3, 0.4) is 0 Å². The third-order valence-corrected chi connectivity index (χ3v) is 5.59. The Morgan fingerprint density at radius 3 is 2.50 bits per heavy atom. The third-order valence-electron chi connectivity index (χ3n) is 2.90. The number of carbonyl (C=O) groups is 1. The van der Waals surface area contributed by atoms with Gasteiger partial charge in [0.05, 0.1) is 12.2 Å². The van der Waals surface area contributed by atoms with E-state index < -0.39 is 10.0 Å². The summed E-state index contributed by atoms with van der Waals surface area (Å²) in [6, 6.07) is -0.00474. The van der Waals surface area contributed by atoms with Crippen LogP contribution in [-0.4, -0.2) is 45.5 Å². The molecule has 0 spiro atoms. The first-order valence-corrected chi connectivity index (χ1v) is 8.53. The molecule has 1 aromatic heterocycles. The predicted molar refractivity (Wildman–Crippen MR) is 78.5 cm³/mol. The average Bonchev–Trinajstić information content (AvgIpc) is 2.70. The van der Waals surface area contributed by atoms with Crippen LogP contribution >= 0.6 is 11.3 Å². The molecule has 0 aliphatic heterocycles. The summed E-state index contributed by atoms with van der Waals surface area (Å²) in [4.78, 5) is 14.1. The highest BCUT2D eigenvalue weighted by Crippen LogP contribution is 2.26. The number of ether oxygens (including phenoxy) is 1. The monoisotopic (exact) mass is 320 g/mol. The zero-order valence-electron chi connectivity index (χ0n) is 12.0. The van der Waals surface area contributed by atoms with Gasteiger partial charge in [0, 0.05) is 25.1 Å². The lowest BCUT2D eigenvalue weighted by Crippen LogP contribution is -2.39. The lowest BCUT2D eigenvalue weighted by molar-refractivity contribution is 0.0634. The Bertz CT molecular complexity index is 578. The van der Waals surface area contributed by atoms with Gasteiger partial charge in [-0.15, -0.1) is 11.3 Å². The number of rotatable bonds is 6. The topological polar surface area (TPSA) is 89.7 Å². The molecule has 0 aliphatic rings. The number of hydrogen-bond acceptors (Lipinski definition) is 5. The van der Waals surface area contributed by atoms with Crippen molar-refractivity contribution in [3.8, 4) is 0 Å². The van der Waals surface area contributed by atoms with E-state index in [-0.39, 0.29) is 16.2 Å². The Labute approximate surface area is 123 Å². The summed E-state index contributed by atoms with van der Waals surface area (Å²) < 4.78 is 27.8. The van der Waals surface area contributed by atoms with E-state index in [4.69, 9.17) is 9.88 Å². The van der Waals surface area contributed by atoms with Crippen molar-refractivity contribution < 1.29 is 17.9 Å². The van der Waals surface area contributed by atoms with Crippen LogP contribution in [0.1, 0.15) is 29.8 Å². The second kappa shape index (κ2) is 6.66. The minimum absolute atomic E-state index is 0.00474. The number of thiophene rings is 1. The molecular weight excluding hydrogens is 300 g/mol. The molecular formula is C12H20N2O4S2. The molecule has 2 N–H and O–H groups in total.